The van der Waals surface area contributed by atoms with E-state index in [0.717, 1.165) is 16.7 Å². The standard InChI is InChI=1S/C16H14ClNO/c1-2-13-6-8-14(9-7-13)12-19-18-11-15-4-3-5-16(17)10-15/h2-11H,1,12H2. The maximum Gasteiger partial charge on any atom is 0.142 e. The van der Waals surface area contributed by atoms with E-state index < -0.39 is 0 Å². The zero-order chi connectivity index (χ0) is 13.5. The van der Waals surface area contributed by atoms with Crippen LogP contribution in [0.2, 0.25) is 5.02 Å². The molecule has 0 amide bonds. The second kappa shape index (κ2) is 6.76. The summed E-state index contributed by atoms with van der Waals surface area (Å²) >= 11 is 5.87. The molecular weight excluding hydrogens is 258 g/mol. The molecule has 0 radical (unpaired) electrons. The van der Waals surface area contributed by atoms with Crippen LogP contribution in [0.25, 0.3) is 6.08 Å². The van der Waals surface area contributed by atoms with Crippen molar-refractivity contribution in [3.05, 3.63) is 76.8 Å². The third-order valence-electron chi connectivity index (χ3n) is 2.57. The first kappa shape index (κ1) is 13.4. The number of oxime groups is 1. The third-order valence-corrected chi connectivity index (χ3v) is 2.81. The topological polar surface area (TPSA) is 21.6 Å². The van der Waals surface area contributed by atoms with Crippen molar-refractivity contribution in [1.82, 2.24) is 0 Å². The van der Waals surface area contributed by atoms with Crippen molar-refractivity contribution in [3.8, 4) is 0 Å². The Morgan fingerprint density at radius 2 is 1.89 bits per heavy atom. The molecule has 0 spiro atoms. The van der Waals surface area contributed by atoms with E-state index in [0.29, 0.717) is 11.6 Å². The average molecular weight is 272 g/mol. The molecule has 0 saturated carbocycles. The monoisotopic (exact) mass is 271 g/mol. The van der Waals surface area contributed by atoms with Crippen LogP contribution in [-0.4, -0.2) is 6.21 Å². The van der Waals surface area contributed by atoms with Crippen LogP contribution in [0.3, 0.4) is 0 Å². The molecule has 19 heavy (non-hydrogen) atoms. The maximum atomic E-state index is 5.87. The van der Waals surface area contributed by atoms with Crippen LogP contribution in [0.15, 0.2) is 60.3 Å². The minimum absolute atomic E-state index is 0.439. The van der Waals surface area contributed by atoms with E-state index in [1.807, 2.05) is 54.6 Å². The SMILES string of the molecule is C=Cc1ccc(CON=Cc2cccc(Cl)c2)cc1. The fourth-order valence-electron chi connectivity index (χ4n) is 1.55. The predicted molar refractivity (Wildman–Crippen MR) is 80.4 cm³/mol. The molecule has 0 atom stereocenters. The molecule has 0 aliphatic rings. The van der Waals surface area contributed by atoms with Crippen LogP contribution in [0, 0.1) is 0 Å². The van der Waals surface area contributed by atoms with Gasteiger partial charge in [-0.05, 0) is 28.8 Å². The summed E-state index contributed by atoms with van der Waals surface area (Å²) in [6, 6.07) is 15.4. The lowest BCUT2D eigenvalue weighted by Gasteiger charge is -2.00. The summed E-state index contributed by atoms with van der Waals surface area (Å²) in [4.78, 5) is 5.24. The molecule has 96 valence electrons. The zero-order valence-corrected chi connectivity index (χ0v) is 11.2. The first-order chi connectivity index (χ1) is 9.28. The van der Waals surface area contributed by atoms with Gasteiger partial charge in [0.25, 0.3) is 0 Å². The Morgan fingerprint density at radius 3 is 2.58 bits per heavy atom. The van der Waals surface area contributed by atoms with Gasteiger partial charge in [0, 0.05) is 5.02 Å². The molecule has 0 aromatic heterocycles. The van der Waals surface area contributed by atoms with Gasteiger partial charge in [0.15, 0.2) is 0 Å². The molecule has 0 N–H and O–H groups in total. The Kier molecular flexibility index (Phi) is 4.76. The quantitative estimate of drug-likeness (QED) is 0.578. The number of rotatable bonds is 5. The van der Waals surface area contributed by atoms with Crippen molar-refractivity contribution in [2.45, 2.75) is 6.61 Å². The number of benzene rings is 2. The van der Waals surface area contributed by atoms with Gasteiger partial charge in [0.1, 0.15) is 6.61 Å². The Labute approximate surface area is 118 Å². The van der Waals surface area contributed by atoms with Crippen LogP contribution in [0.1, 0.15) is 16.7 Å². The van der Waals surface area contributed by atoms with Gasteiger partial charge in [-0.15, -0.1) is 0 Å². The molecule has 2 aromatic rings. The average Bonchev–Trinajstić information content (AvgIpc) is 2.44. The van der Waals surface area contributed by atoms with Crippen molar-refractivity contribution in [1.29, 1.82) is 0 Å². The lowest BCUT2D eigenvalue weighted by molar-refractivity contribution is 0.132. The maximum absolute atomic E-state index is 5.87. The molecule has 2 aromatic carbocycles. The molecule has 2 nitrogen and oxygen atoms in total. The molecule has 0 aliphatic heterocycles. The normalized spacial score (nSPS) is 10.6. The summed E-state index contributed by atoms with van der Waals surface area (Å²) in [5.41, 5.74) is 3.06. The summed E-state index contributed by atoms with van der Waals surface area (Å²) in [5, 5.41) is 4.60. The first-order valence-corrected chi connectivity index (χ1v) is 6.28. The molecule has 3 heteroatoms. The molecule has 0 aliphatic carbocycles. The Morgan fingerprint density at radius 1 is 1.11 bits per heavy atom. The van der Waals surface area contributed by atoms with E-state index in [-0.39, 0.29) is 0 Å². The van der Waals surface area contributed by atoms with Gasteiger partial charge in [-0.25, -0.2) is 0 Å². The smallest absolute Gasteiger partial charge is 0.142 e. The van der Waals surface area contributed by atoms with E-state index in [1.165, 1.54) is 0 Å². The van der Waals surface area contributed by atoms with E-state index in [2.05, 4.69) is 11.7 Å². The highest BCUT2D eigenvalue weighted by Gasteiger charge is 1.93. The second-order valence-electron chi connectivity index (χ2n) is 4.01. The lowest BCUT2D eigenvalue weighted by Crippen LogP contribution is -1.88. The number of hydrogen-bond donors (Lipinski definition) is 0. The minimum Gasteiger partial charge on any atom is -0.391 e. The van der Waals surface area contributed by atoms with Crippen LogP contribution < -0.4 is 0 Å². The fraction of sp³-hybridized carbons (Fsp3) is 0.0625. The van der Waals surface area contributed by atoms with Crippen molar-refractivity contribution in [2.24, 2.45) is 5.16 Å². The van der Waals surface area contributed by atoms with Crippen LogP contribution >= 0.6 is 11.6 Å². The molecule has 0 fully saturated rings. The zero-order valence-electron chi connectivity index (χ0n) is 10.4. The minimum atomic E-state index is 0.439. The molecule has 0 heterocycles. The number of halogens is 1. The highest BCUT2D eigenvalue weighted by Crippen LogP contribution is 2.09. The van der Waals surface area contributed by atoms with Gasteiger partial charge < -0.3 is 4.84 Å². The van der Waals surface area contributed by atoms with Crippen LogP contribution in [-0.2, 0) is 11.4 Å². The van der Waals surface area contributed by atoms with Crippen molar-refractivity contribution in [2.75, 3.05) is 0 Å². The van der Waals surface area contributed by atoms with Crippen LogP contribution in [0.4, 0.5) is 0 Å². The third kappa shape index (κ3) is 4.27. The van der Waals surface area contributed by atoms with Crippen molar-refractivity contribution >= 4 is 23.9 Å². The van der Waals surface area contributed by atoms with Gasteiger partial charge in [-0.3, -0.25) is 0 Å². The summed E-state index contributed by atoms with van der Waals surface area (Å²) in [7, 11) is 0. The number of hydrogen-bond acceptors (Lipinski definition) is 2. The highest BCUT2D eigenvalue weighted by molar-refractivity contribution is 6.30. The Balaban J connectivity index is 1.87. The molecule has 2 rings (SSSR count). The van der Waals surface area contributed by atoms with E-state index >= 15 is 0 Å². The largest absolute Gasteiger partial charge is 0.391 e. The predicted octanol–water partition coefficient (Wildman–Crippen LogP) is 4.53. The summed E-state index contributed by atoms with van der Waals surface area (Å²) in [6.45, 7) is 4.15. The van der Waals surface area contributed by atoms with Gasteiger partial charge in [-0.1, -0.05) is 65.8 Å². The van der Waals surface area contributed by atoms with Gasteiger partial charge in [0.2, 0.25) is 0 Å². The van der Waals surface area contributed by atoms with Gasteiger partial charge >= 0.3 is 0 Å². The van der Waals surface area contributed by atoms with E-state index in [4.69, 9.17) is 16.4 Å². The molecule has 0 bridgehead atoms. The Bertz CT molecular complexity index is 576. The van der Waals surface area contributed by atoms with Crippen molar-refractivity contribution in [3.63, 3.8) is 0 Å². The lowest BCUT2D eigenvalue weighted by atomic mass is 10.1. The summed E-state index contributed by atoms with van der Waals surface area (Å²) in [5.74, 6) is 0. The Hall–Kier alpha value is -2.06. The van der Waals surface area contributed by atoms with Crippen LogP contribution in [0.5, 0.6) is 0 Å². The van der Waals surface area contributed by atoms with Gasteiger partial charge in [0.05, 0.1) is 6.21 Å². The van der Waals surface area contributed by atoms with Gasteiger partial charge in [-0.2, -0.15) is 0 Å². The fourth-order valence-corrected chi connectivity index (χ4v) is 1.75. The molecular formula is C16H14ClNO. The highest BCUT2D eigenvalue weighted by atomic mass is 35.5. The van der Waals surface area contributed by atoms with Crippen molar-refractivity contribution < 1.29 is 4.84 Å². The summed E-state index contributed by atoms with van der Waals surface area (Å²) < 4.78 is 0. The van der Waals surface area contributed by atoms with E-state index in [1.54, 1.807) is 6.21 Å². The molecule has 0 saturated heterocycles. The first-order valence-electron chi connectivity index (χ1n) is 5.90. The van der Waals surface area contributed by atoms with E-state index in [9.17, 15) is 0 Å². The summed E-state index contributed by atoms with van der Waals surface area (Å²) in [6.07, 6.45) is 3.45. The molecule has 0 unspecified atom stereocenters. The number of nitrogens with zero attached hydrogens (tertiary/aromatic N) is 1. The second-order valence-corrected chi connectivity index (χ2v) is 4.45.